The van der Waals surface area contributed by atoms with Gasteiger partial charge in [0.25, 0.3) is 0 Å². The maximum absolute atomic E-state index is 11.2. The van der Waals surface area contributed by atoms with Gasteiger partial charge in [0.15, 0.2) is 4.87 Å². The Morgan fingerprint density at radius 1 is 1.41 bits per heavy atom. The van der Waals surface area contributed by atoms with Crippen LogP contribution >= 0.6 is 34.8 Å². The van der Waals surface area contributed by atoms with Crippen LogP contribution in [0.2, 0.25) is 0 Å². The summed E-state index contributed by atoms with van der Waals surface area (Å²) in [5.41, 5.74) is 0. The number of alkyl halides is 1. The largest absolute Gasteiger partial charge is 0.480 e. The molecule has 2 nitrogen and oxygen atoms in total. The fraction of sp³-hybridized carbons (Fsp3) is 0.750. The highest BCUT2D eigenvalue weighted by molar-refractivity contribution is 6.56. The van der Waals surface area contributed by atoms with Crippen LogP contribution in [0.25, 0.3) is 0 Å². The first kappa shape index (κ1) is 17.1. The second-order valence-corrected chi connectivity index (χ2v) is 5.90. The maximum atomic E-state index is 11.2. The average molecular weight is 302 g/mol. The highest BCUT2D eigenvalue weighted by atomic mass is 35.5. The molecule has 5 heteroatoms. The third-order valence-electron chi connectivity index (χ3n) is 2.82. The van der Waals surface area contributed by atoms with Crippen molar-refractivity contribution in [2.45, 2.75) is 50.8 Å². The lowest BCUT2D eigenvalue weighted by molar-refractivity contribution is -0.139. The standard InChI is InChI=1S/C12H19Cl3O2/c1-3-5-6-9(4-2)7-12(15,11(16)17)8-10(13)14/h8-9H,3-7H2,1-2H3,(H,16,17). The molecule has 2 atom stereocenters. The summed E-state index contributed by atoms with van der Waals surface area (Å²) in [5.74, 6) is -0.833. The monoisotopic (exact) mass is 300 g/mol. The Morgan fingerprint density at radius 3 is 2.35 bits per heavy atom. The van der Waals surface area contributed by atoms with Gasteiger partial charge in [0.05, 0.1) is 0 Å². The summed E-state index contributed by atoms with van der Waals surface area (Å²) in [6, 6.07) is 0. The topological polar surface area (TPSA) is 37.3 Å². The molecule has 0 aliphatic heterocycles. The molecule has 0 bridgehead atoms. The van der Waals surface area contributed by atoms with Crippen LogP contribution in [0.15, 0.2) is 10.6 Å². The number of hydrogen-bond acceptors (Lipinski definition) is 1. The van der Waals surface area contributed by atoms with E-state index >= 15 is 0 Å². The number of rotatable bonds is 8. The van der Waals surface area contributed by atoms with Crippen LogP contribution in [0.5, 0.6) is 0 Å². The number of unbranched alkanes of at least 4 members (excludes halogenated alkanes) is 1. The Hall–Kier alpha value is 0.0800. The van der Waals surface area contributed by atoms with E-state index in [9.17, 15) is 4.79 Å². The number of aliphatic carboxylic acids is 1. The maximum Gasteiger partial charge on any atom is 0.328 e. The minimum atomic E-state index is -1.49. The van der Waals surface area contributed by atoms with Crippen LogP contribution in [0.4, 0.5) is 0 Å². The van der Waals surface area contributed by atoms with Crippen molar-refractivity contribution in [3.05, 3.63) is 10.6 Å². The lowest BCUT2D eigenvalue weighted by Gasteiger charge is -2.24. The van der Waals surface area contributed by atoms with Crippen LogP contribution in [0, 0.1) is 5.92 Å². The van der Waals surface area contributed by atoms with E-state index in [0.29, 0.717) is 6.42 Å². The molecule has 100 valence electrons. The Morgan fingerprint density at radius 2 is 2.00 bits per heavy atom. The van der Waals surface area contributed by atoms with Gasteiger partial charge < -0.3 is 5.11 Å². The lowest BCUT2D eigenvalue weighted by Crippen LogP contribution is -2.32. The minimum absolute atomic E-state index is 0.104. The average Bonchev–Trinajstić information content (AvgIpc) is 2.22. The molecule has 0 aromatic rings. The molecule has 0 aliphatic rings. The van der Waals surface area contributed by atoms with E-state index in [2.05, 4.69) is 6.92 Å². The molecular formula is C12H19Cl3O2. The molecule has 1 N–H and O–H groups in total. The van der Waals surface area contributed by atoms with Gasteiger partial charge in [-0.2, -0.15) is 0 Å². The van der Waals surface area contributed by atoms with Crippen LogP contribution < -0.4 is 0 Å². The molecule has 0 radical (unpaired) electrons. The molecule has 0 rings (SSSR count). The Labute approximate surface area is 118 Å². The van der Waals surface area contributed by atoms with Crippen molar-refractivity contribution in [3.8, 4) is 0 Å². The summed E-state index contributed by atoms with van der Waals surface area (Å²) in [5, 5.41) is 9.16. The normalized spacial score (nSPS) is 16.1. The number of halogens is 3. The van der Waals surface area contributed by atoms with E-state index in [1.54, 1.807) is 0 Å². The second-order valence-electron chi connectivity index (χ2n) is 4.22. The zero-order chi connectivity index (χ0) is 13.5. The van der Waals surface area contributed by atoms with Gasteiger partial charge in [0.2, 0.25) is 0 Å². The van der Waals surface area contributed by atoms with Gasteiger partial charge in [-0.05, 0) is 18.4 Å². The molecule has 0 aromatic carbocycles. The second kappa shape index (κ2) is 8.23. The molecule has 0 saturated heterocycles. The molecule has 0 aliphatic carbocycles. The number of carboxylic acids is 1. The van der Waals surface area contributed by atoms with Gasteiger partial charge in [0.1, 0.15) is 4.49 Å². The van der Waals surface area contributed by atoms with E-state index in [1.165, 1.54) is 6.08 Å². The van der Waals surface area contributed by atoms with Gasteiger partial charge in [0, 0.05) is 0 Å². The molecule has 2 unspecified atom stereocenters. The third kappa shape index (κ3) is 6.54. The summed E-state index contributed by atoms with van der Waals surface area (Å²) in [6.45, 7) is 4.14. The predicted molar refractivity (Wildman–Crippen MR) is 73.9 cm³/mol. The summed E-state index contributed by atoms with van der Waals surface area (Å²) in [6.07, 6.45) is 5.59. The number of hydrogen-bond donors (Lipinski definition) is 1. The van der Waals surface area contributed by atoms with E-state index in [1.807, 2.05) is 6.92 Å². The van der Waals surface area contributed by atoms with E-state index < -0.39 is 10.8 Å². The van der Waals surface area contributed by atoms with Gasteiger partial charge in [-0.1, -0.05) is 62.7 Å². The Bertz CT molecular complexity index is 275. The molecular weight excluding hydrogens is 282 g/mol. The van der Waals surface area contributed by atoms with Crippen molar-refractivity contribution in [1.29, 1.82) is 0 Å². The van der Waals surface area contributed by atoms with Gasteiger partial charge in [-0.3, -0.25) is 0 Å². The summed E-state index contributed by atoms with van der Waals surface area (Å²) in [7, 11) is 0. The summed E-state index contributed by atoms with van der Waals surface area (Å²) >= 11 is 17.1. The fourth-order valence-electron chi connectivity index (χ4n) is 1.74. The quantitative estimate of drug-likeness (QED) is 0.642. The molecule has 0 heterocycles. The Kier molecular flexibility index (Phi) is 8.27. The first-order valence-corrected chi connectivity index (χ1v) is 6.95. The first-order chi connectivity index (χ1) is 7.85. The SMILES string of the molecule is CCCCC(CC)CC(Cl)(C=C(Cl)Cl)C(=O)O. The third-order valence-corrected chi connectivity index (χ3v) is 3.47. The van der Waals surface area contributed by atoms with Crippen molar-refractivity contribution in [2.75, 3.05) is 0 Å². The molecule has 17 heavy (non-hydrogen) atoms. The van der Waals surface area contributed by atoms with Gasteiger partial charge >= 0.3 is 5.97 Å². The van der Waals surface area contributed by atoms with Crippen LogP contribution in [-0.4, -0.2) is 16.0 Å². The van der Waals surface area contributed by atoms with Crippen LogP contribution in [-0.2, 0) is 4.79 Å². The van der Waals surface area contributed by atoms with E-state index in [-0.39, 0.29) is 10.4 Å². The smallest absolute Gasteiger partial charge is 0.328 e. The van der Waals surface area contributed by atoms with E-state index in [0.717, 1.165) is 25.7 Å². The summed E-state index contributed by atoms with van der Waals surface area (Å²) < 4.78 is -0.104. The highest BCUT2D eigenvalue weighted by Crippen LogP contribution is 2.33. The lowest BCUT2D eigenvalue weighted by atomic mass is 9.88. The van der Waals surface area contributed by atoms with Crippen molar-refractivity contribution < 1.29 is 9.90 Å². The molecule has 0 amide bonds. The summed E-state index contributed by atoms with van der Waals surface area (Å²) in [4.78, 5) is 9.70. The van der Waals surface area contributed by atoms with Crippen LogP contribution in [0.3, 0.4) is 0 Å². The van der Waals surface area contributed by atoms with Gasteiger partial charge in [-0.15, -0.1) is 11.6 Å². The van der Waals surface area contributed by atoms with E-state index in [4.69, 9.17) is 39.9 Å². The first-order valence-electron chi connectivity index (χ1n) is 5.81. The molecule has 0 fully saturated rings. The fourth-order valence-corrected chi connectivity index (χ4v) is 2.56. The highest BCUT2D eigenvalue weighted by Gasteiger charge is 2.36. The molecule has 0 aromatic heterocycles. The van der Waals surface area contributed by atoms with Crippen molar-refractivity contribution in [3.63, 3.8) is 0 Å². The molecule has 0 saturated carbocycles. The zero-order valence-corrected chi connectivity index (χ0v) is 12.4. The predicted octanol–water partition coefficient (Wildman–Crippen LogP) is 4.97. The van der Waals surface area contributed by atoms with Crippen molar-refractivity contribution in [2.24, 2.45) is 5.92 Å². The zero-order valence-electron chi connectivity index (χ0n) is 10.2. The van der Waals surface area contributed by atoms with Crippen LogP contribution in [0.1, 0.15) is 46.0 Å². The Balaban J connectivity index is 4.73. The van der Waals surface area contributed by atoms with Gasteiger partial charge in [-0.25, -0.2) is 4.79 Å². The molecule has 0 spiro atoms. The number of carboxylic acid groups (broad SMARTS) is 1. The van der Waals surface area contributed by atoms with Crippen molar-refractivity contribution >= 4 is 40.8 Å². The number of carbonyl (C=O) groups is 1. The van der Waals surface area contributed by atoms with Crippen molar-refractivity contribution in [1.82, 2.24) is 0 Å². The minimum Gasteiger partial charge on any atom is -0.480 e.